The molecule has 0 fully saturated rings. The number of hydrogen-bond acceptors (Lipinski definition) is 4. The zero-order chi connectivity index (χ0) is 17.6. The lowest BCUT2D eigenvalue weighted by molar-refractivity contribution is -0.115. The predicted octanol–water partition coefficient (Wildman–Crippen LogP) is 3.42. The van der Waals surface area contributed by atoms with Crippen molar-refractivity contribution in [3.63, 3.8) is 0 Å². The van der Waals surface area contributed by atoms with Crippen LogP contribution in [0, 0.1) is 0 Å². The summed E-state index contributed by atoms with van der Waals surface area (Å²) in [5, 5.41) is 2.73. The Labute approximate surface area is 147 Å². The molecule has 0 aliphatic carbocycles. The lowest BCUT2D eigenvalue weighted by Crippen LogP contribution is -2.28. The van der Waals surface area contributed by atoms with E-state index in [1.54, 1.807) is 6.08 Å². The normalized spacial score (nSPS) is 15.2. The second-order valence-electron chi connectivity index (χ2n) is 5.88. The molecule has 3 rings (SSSR count). The molecule has 1 N–H and O–H groups in total. The summed E-state index contributed by atoms with van der Waals surface area (Å²) in [7, 11) is 0. The molecule has 0 radical (unpaired) electrons. The highest BCUT2D eigenvalue weighted by Crippen LogP contribution is 2.18. The Morgan fingerprint density at radius 1 is 1.04 bits per heavy atom. The molecule has 0 saturated heterocycles. The Bertz CT molecular complexity index is 793. The van der Waals surface area contributed by atoms with Crippen LogP contribution in [0.15, 0.2) is 65.3 Å². The minimum Gasteiger partial charge on any atom is -0.491 e. The molecule has 0 unspecified atom stereocenters. The molecule has 0 spiro atoms. The molecular weight excluding hydrogens is 316 g/mol. The molecule has 1 heterocycles. The Hall–Kier alpha value is -3.08. The van der Waals surface area contributed by atoms with Crippen molar-refractivity contribution in [2.24, 2.45) is 4.99 Å². The Morgan fingerprint density at radius 2 is 1.76 bits per heavy atom. The van der Waals surface area contributed by atoms with E-state index in [1.807, 2.05) is 68.4 Å². The number of benzene rings is 2. The van der Waals surface area contributed by atoms with Crippen molar-refractivity contribution in [2.75, 3.05) is 6.61 Å². The number of nitrogens with one attached hydrogen (secondary N) is 1. The zero-order valence-electron chi connectivity index (χ0n) is 14.2. The van der Waals surface area contributed by atoms with Crippen LogP contribution in [-0.4, -0.2) is 24.5 Å². The third-order valence-corrected chi connectivity index (χ3v) is 3.42. The minimum absolute atomic E-state index is 0.126. The third-order valence-electron chi connectivity index (χ3n) is 3.42. The van der Waals surface area contributed by atoms with Crippen LogP contribution in [0.2, 0.25) is 0 Å². The second kappa shape index (κ2) is 7.66. The van der Waals surface area contributed by atoms with Crippen LogP contribution >= 0.6 is 0 Å². The summed E-state index contributed by atoms with van der Waals surface area (Å²) in [4.78, 5) is 16.3. The number of aliphatic imine (C=N–C) groups is 1. The quantitative estimate of drug-likeness (QED) is 0.822. The number of ether oxygens (including phenoxy) is 2. The second-order valence-corrected chi connectivity index (χ2v) is 5.88. The summed E-state index contributed by atoms with van der Waals surface area (Å²) in [5.74, 6) is 1.81. The van der Waals surface area contributed by atoms with Crippen molar-refractivity contribution in [1.82, 2.24) is 5.32 Å². The molecular formula is C20H20N2O3. The van der Waals surface area contributed by atoms with Gasteiger partial charge >= 0.3 is 0 Å². The highest BCUT2D eigenvalue weighted by atomic mass is 16.5. The Balaban J connectivity index is 1.66. The fourth-order valence-electron chi connectivity index (χ4n) is 2.33. The fourth-order valence-corrected chi connectivity index (χ4v) is 2.33. The molecule has 1 aliphatic heterocycles. The molecule has 0 atom stereocenters. The highest BCUT2D eigenvalue weighted by molar-refractivity contribution is 6.14. The fraction of sp³-hybridized carbons (Fsp3) is 0.200. The number of nitrogens with zero attached hydrogens (tertiary/aromatic N) is 1. The zero-order valence-corrected chi connectivity index (χ0v) is 14.2. The van der Waals surface area contributed by atoms with E-state index >= 15 is 0 Å². The van der Waals surface area contributed by atoms with Gasteiger partial charge in [-0.05, 0) is 49.8 Å². The Morgan fingerprint density at radius 3 is 2.44 bits per heavy atom. The van der Waals surface area contributed by atoms with Gasteiger partial charge in [0, 0.05) is 0 Å². The minimum atomic E-state index is -0.228. The van der Waals surface area contributed by atoms with E-state index in [4.69, 9.17) is 9.47 Å². The van der Waals surface area contributed by atoms with Crippen molar-refractivity contribution in [3.05, 3.63) is 65.9 Å². The molecule has 1 aliphatic rings. The van der Waals surface area contributed by atoms with E-state index in [9.17, 15) is 4.79 Å². The van der Waals surface area contributed by atoms with Gasteiger partial charge < -0.3 is 14.8 Å². The molecule has 2 aromatic carbocycles. The van der Waals surface area contributed by atoms with Crippen molar-refractivity contribution >= 4 is 17.8 Å². The van der Waals surface area contributed by atoms with Crippen LogP contribution in [-0.2, 0) is 4.79 Å². The summed E-state index contributed by atoms with van der Waals surface area (Å²) in [6.07, 6.45) is 1.87. The van der Waals surface area contributed by atoms with E-state index in [2.05, 4.69) is 10.3 Å². The standard InChI is InChI=1S/C20H20N2O3/c1-14(2)25-17-10-8-15(9-11-17)12-18-20(23)22-19(21-18)13-24-16-6-4-3-5-7-16/h3-12,14H,13H2,1-2H3,(H,21,22,23)/b18-12+. The number of carbonyl (C=O) groups is 1. The van der Waals surface area contributed by atoms with Gasteiger partial charge in [0.1, 0.15) is 29.6 Å². The van der Waals surface area contributed by atoms with Crippen LogP contribution in [0.1, 0.15) is 19.4 Å². The first kappa shape index (κ1) is 16.8. The molecule has 2 aromatic rings. The van der Waals surface area contributed by atoms with Gasteiger partial charge in [-0.25, -0.2) is 4.99 Å². The maximum Gasteiger partial charge on any atom is 0.275 e. The van der Waals surface area contributed by atoms with E-state index in [0.29, 0.717) is 11.5 Å². The maximum atomic E-state index is 12.0. The van der Waals surface area contributed by atoms with Gasteiger partial charge in [0.15, 0.2) is 0 Å². The molecule has 0 aromatic heterocycles. The van der Waals surface area contributed by atoms with Crippen LogP contribution in [0.3, 0.4) is 0 Å². The number of rotatable bonds is 6. The average molecular weight is 336 g/mol. The monoisotopic (exact) mass is 336 g/mol. The van der Waals surface area contributed by atoms with E-state index < -0.39 is 0 Å². The van der Waals surface area contributed by atoms with Gasteiger partial charge in [0.2, 0.25) is 0 Å². The largest absolute Gasteiger partial charge is 0.491 e. The van der Waals surface area contributed by atoms with Crippen molar-refractivity contribution in [3.8, 4) is 11.5 Å². The van der Waals surface area contributed by atoms with Gasteiger partial charge in [-0.2, -0.15) is 0 Å². The number of hydrogen-bond donors (Lipinski definition) is 1. The van der Waals surface area contributed by atoms with Crippen LogP contribution in [0.25, 0.3) is 6.08 Å². The molecule has 128 valence electrons. The van der Waals surface area contributed by atoms with Crippen LogP contribution in [0.5, 0.6) is 11.5 Å². The molecule has 5 nitrogen and oxygen atoms in total. The summed E-state index contributed by atoms with van der Waals surface area (Å²) in [6, 6.07) is 17.0. The maximum absolute atomic E-state index is 12.0. The molecule has 25 heavy (non-hydrogen) atoms. The van der Waals surface area contributed by atoms with Gasteiger partial charge in [-0.15, -0.1) is 0 Å². The lowest BCUT2D eigenvalue weighted by Gasteiger charge is -2.09. The molecule has 0 bridgehead atoms. The first-order valence-corrected chi connectivity index (χ1v) is 8.15. The summed E-state index contributed by atoms with van der Waals surface area (Å²) < 4.78 is 11.2. The van der Waals surface area contributed by atoms with E-state index in [-0.39, 0.29) is 18.6 Å². The number of para-hydroxylation sites is 1. The van der Waals surface area contributed by atoms with Crippen LogP contribution in [0.4, 0.5) is 0 Å². The number of carbonyl (C=O) groups excluding carboxylic acids is 1. The Kier molecular flexibility index (Phi) is 5.14. The van der Waals surface area contributed by atoms with Crippen molar-refractivity contribution < 1.29 is 14.3 Å². The predicted molar refractivity (Wildman–Crippen MR) is 97.7 cm³/mol. The van der Waals surface area contributed by atoms with E-state index in [1.165, 1.54) is 0 Å². The first-order chi connectivity index (χ1) is 12.1. The van der Waals surface area contributed by atoms with Gasteiger partial charge in [-0.3, -0.25) is 4.79 Å². The van der Waals surface area contributed by atoms with E-state index in [0.717, 1.165) is 17.1 Å². The summed E-state index contributed by atoms with van der Waals surface area (Å²) in [6.45, 7) is 4.17. The molecule has 1 amide bonds. The number of amidine groups is 1. The molecule has 0 saturated carbocycles. The topological polar surface area (TPSA) is 59.9 Å². The molecule has 5 heteroatoms. The SMILES string of the molecule is CC(C)Oc1ccc(/C=C2/N=C(COc3ccccc3)NC2=O)cc1. The smallest absolute Gasteiger partial charge is 0.275 e. The third kappa shape index (κ3) is 4.70. The van der Waals surface area contributed by atoms with Crippen molar-refractivity contribution in [2.45, 2.75) is 20.0 Å². The summed E-state index contributed by atoms with van der Waals surface area (Å²) in [5.41, 5.74) is 1.25. The van der Waals surface area contributed by atoms with Crippen molar-refractivity contribution in [1.29, 1.82) is 0 Å². The lowest BCUT2D eigenvalue weighted by atomic mass is 10.2. The highest BCUT2D eigenvalue weighted by Gasteiger charge is 2.20. The van der Waals surface area contributed by atoms with Crippen LogP contribution < -0.4 is 14.8 Å². The van der Waals surface area contributed by atoms with Gasteiger partial charge in [0.25, 0.3) is 5.91 Å². The summed E-state index contributed by atoms with van der Waals surface area (Å²) >= 11 is 0. The average Bonchev–Trinajstić information content (AvgIpc) is 2.95. The number of amides is 1. The van der Waals surface area contributed by atoms with Gasteiger partial charge in [-0.1, -0.05) is 30.3 Å². The first-order valence-electron chi connectivity index (χ1n) is 8.15. The van der Waals surface area contributed by atoms with Gasteiger partial charge in [0.05, 0.1) is 6.10 Å².